The van der Waals surface area contributed by atoms with Crippen molar-refractivity contribution in [1.82, 2.24) is 15.3 Å². The summed E-state index contributed by atoms with van der Waals surface area (Å²) in [4.78, 5) is 11.1. The molecule has 1 aliphatic rings. The first-order chi connectivity index (χ1) is 7.90. The lowest BCUT2D eigenvalue weighted by Crippen LogP contribution is -2.31. The number of hydrogen-bond donors (Lipinski definition) is 1. The van der Waals surface area contributed by atoms with Crippen LogP contribution in [0.3, 0.4) is 0 Å². The highest BCUT2D eigenvalue weighted by Gasteiger charge is 2.12. The Morgan fingerprint density at radius 2 is 1.88 bits per heavy atom. The van der Waals surface area contributed by atoms with E-state index < -0.39 is 0 Å². The smallest absolute Gasteiger partial charge is 0.225 e. The maximum absolute atomic E-state index is 4.43. The van der Waals surface area contributed by atoms with E-state index in [0.29, 0.717) is 0 Å². The third-order valence-corrected chi connectivity index (χ3v) is 2.91. The number of anilines is 1. The van der Waals surface area contributed by atoms with E-state index in [1.807, 2.05) is 12.4 Å². The number of aromatic nitrogens is 2. The molecule has 0 atom stereocenters. The second-order valence-electron chi connectivity index (χ2n) is 4.22. The average Bonchev–Trinajstić information content (AvgIpc) is 2.38. The van der Waals surface area contributed by atoms with Crippen LogP contribution >= 0.6 is 0 Å². The van der Waals surface area contributed by atoms with Crippen molar-refractivity contribution in [3.05, 3.63) is 18.0 Å². The maximum atomic E-state index is 4.43. The molecule has 0 spiro atoms. The number of piperidine rings is 1. The molecule has 0 saturated carbocycles. The van der Waals surface area contributed by atoms with Crippen LogP contribution in [0, 0.1) is 0 Å². The van der Waals surface area contributed by atoms with Gasteiger partial charge >= 0.3 is 0 Å². The molecule has 0 unspecified atom stereocenters. The molecule has 0 amide bonds. The molecule has 1 fully saturated rings. The normalized spacial score (nSPS) is 16.4. The molecule has 1 aliphatic heterocycles. The first-order valence-electron chi connectivity index (χ1n) is 6.16. The van der Waals surface area contributed by atoms with Crippen molar-refractivity contribution >= 4 is 5.95 Å². The molecule has 4 nitrogen and oxygen atoms in total. The highest BCUT2D eigenvalue weighted by Crippen LogP contribution is 2.14. The van der Waals surface area contributed by atoms with Crippen molar-refractivity contribution in [2.45, 2.75) is 32.7 Å². The molecule has 1 saturated heterocycles. The first-order valence-corrected chi connectivity index (χ1v) is 6.16. The lowest BCUT2D eigenvalue weighted by atomic mass is 10.1. The van der Waals surface area contributed by atoms with Gasteiger partial charge in [0.05, 0.1) is 0 Å². The molecule has 2 heterocycles. The summed E-state index contributed by atoms with van der Waals surface area (Å²) in [7, 11) is 0. The zero-order chi connectivity index (χ0) is 11.2. The standard InChI is InChI=1S/C12H20N4/c1-2-13-8-11-9-14-12(15-10-11)16-6-4-3-5-7-16/h9-10,13H,2-8H2,1H3. The molecule has 1 aromatic heterocycles. The molecule has 0 bridgehead atoms. The van der Waals surface area contributed by atoms with Gasteiger partial charge in [0.1, 0.15) is 0 Å². The molecule has 0 aliphatic carbocycles. The van der Waals surface area contributed by atoms with Crippen LogP contribution in [0.15, 0.2) is 12.4 Å². The molecule has 0 aromatic carbocycles. The van der Waals surface area contributed by atoms with E-state index in [0.717, 1.165) is 37.7 Å². The van der Waals surface area contributed by atoms with Crippen molar-refractivity contribution < 1.29 is 0 Å². The average molecular weight is 220 g/mol. The molecule has 16 heavy (non-hydrogen) atoms. The largest absolute Gasteiger partial charge is 0.341 e. The lowest BCUT2D eigenvalue weighted by molar-refractivity contribution is 0.567. The monoisotopic (exact) mass is 220 g/mol. The third-order valence-electron chi connectivity index (χ3n) is 2.91. The van der Waals surface area contributed by atoms with Gasteiger partial charge in [-0.15, -0.1) is 0 Å². The Morgan fingerprint density at radius 1 is 1.19 bits per heavy atom. The van der Waals surface area contributed by atoms with E-state index in [4.69, 9.17) is 0 Å². The van der Waals surface area contributed by atoms with Gasteiger partial charge in [-0.2, -0.15) is 0 Å². The van der Waals surface area contributed by atoms with Crippen LogP contribution in [0.5, 0.6) is 0 Å². The number of nitrogens with one attached hydrogen (secondary N) is 1. The van der Waals surface area contributed by atoms with Crippen molar-refractivity contribution in [2.24, 2.45) is 0 Å². The fourth-order valence-electron chi connectivity index (χ4n) is 1.97. The zero-order valence-electron chi connectivity index (χ0n) is 9.95. The minimum atomic E-state index is 0.858. The molecular formula is C12H20N4. The van der Waals surface area contributed by atoms with Crippen LogP contribution in [0.25, 0.3) is 0 Å². The molecule has 4 heteroatoms. The van der Waals surface area contributed by atoms with Gasteiger partial charge in [-0.05, 0) is 25.8 Å². The zero-order valence-corrected chi connectivity index (χ0v) is 9.95. The summed E-state index contributed by atoms with van der Waals surface area (Å²) in [6.45, 7) is 6.15. The first kappa shape index (κ1) is 11.3. The number of hydrogen-bond acceptors (Lipinski definition) is 4. The van der Waals surface area contributed by atoms with E-state index >= 15 is 0 Å². The Morgan fingerprint density at radius 3 is 2.50 bits per heavy atom. The van der Waals surface area contributed by atoms with Gasteiger partial charge in [-0.1, -0.05) is 6.92 Å². The van der Waals surface area contributed by atoms with Crippen molar-refractivity contribution in [3.63, 3.8) is 0 Å². The fourth-order valence-corrected chi connectivity index (χ4v) is 1.97. The second-order valence-corrected chi connectivity index (χ2v) is 4.22. The summed E-state index contributed by atoms with van der Waals surface area (Å²) in [5, 5.41) is 3.27. The minimum absolute atomic E-state index is 0.858. The van der Waals surface area contributed by atoms with Gasteiger partial charge in [-0.3, -0.25) is 0 Å². The van der Waals surface area contributed by atoms with E-state index in [2.05, 4.69) is 27.1 Å². The van der Waals surface area contributed by atoms with Crippen LogP contribution in [-0.2, 0) is 6.54 Å². The number of nitrogens with zero attached hydrogens (tertiary/aromatic N) is 3. The van der Waals surface area contributed by atoms with Crippen molar-refractivity contribution in [1.29, 1.82) is 0 Å². The summed E-state index contributed by atoms with van der Waals surface area (Å²) < 4.78 is 0. The Bertz CT molecular complexity index is 303. The van der Waals surface area contributed by atoms with Crippen LogP contribution in [0.2, 0.25) is 0 Å². The fraction of sp³-hybridized carbons (Fsp3) is 0.667. The van der Waals surface area contributed by atoms with E-state index in [1.54, 1.807) is 0 Å². The number of rotatable bonds is 4. The Labute approximate surface area is 97.1 Å². The van der Waals surface area contributed by atoms with Gasteiger partial charge in [-0.25, -0.2) is 9.97 Å². The van der Waals surface area contributed by atoms with Crippen LogP contribution in [0.4, 0.5) is 5.95 Å². The molecule has 1 aromatic rings. The van der Waals surface area contributed by atoms with E-state index in [1.165, 1.54) is 19.3 Å². The summed E-state index contributed by atoms with van der Waals surface area (Å²) in [5.74, 6) is 0.889. The highest BCUT2D eigenvalue weighted by atomic mass is 15.2. The predicted octanol–water partition coefficient (Wildman–Crippen LogP) is 1.58. The topological polar surface area (TPSA) is 41.1 Å². The highest BCUT2D eigenvalue weighted by molar-refractivity contribution is 5.30. The molecule has 88 valence electrons. The predicted molar refractivity (Wildman–Crippen MR) is 65.5 cm³/mol. The molecule has 2 rings (SSSR count). The van der Waals surface area contributed by atoms with Crippen LogP contribution in [-0.4, -0.2) is 29.6 Å². The lowest BCUT2D eigenvalue weighted by Gasteiger charge is -2.26. The van der Waals surface area contributed by atoms with Gasteiger partial charge in [0.2, 0.25) is 5.95 Å². The summed E-state index contributed by atoms with van der Waals surface area (Å²) >= 11 is 0. The Balaban J connectivity index is 1.95. The maximum Gasteiger partial charge on any atom is 0.225 e. The van der Waals surface area contributed by atoms with Gasteiger partial charge < -0.3 is 10.2 Å². The van der Waals surface area contributed by atoms with Crippen molar-refractivity contribution in [3.8, 4) is 0 Å². The van der Waals surface area contributed by atoms with Crippen LogP contribution < -0.4 is 10.2 Å². The van der Waals surface area contributed by atoms with E-state index in [-0.39, 0.29) is 0 Å². The summed E-state index contributed by atoms with van der Waals surface area (Å²) in [6, 6.07) is 0. The molecule has 1 N–H and O–H groups in total. The third kappa shape index (κ3) is 2.92. The SMILES string of the molecule is CCNCc1cnc(N2CCCCC2)nc1. The summed E-state index contributed by atoms with van der Waals surface area (Å²) in [6.07, 6.45) is 7.74. The quantitative estimate of drug-likeness (QED) is 0.836. The van der Waals surface area contributed by atoms with Gasteiger partial charge in [0, 0.05) is 37.6 Å². The Hall–Kier alpha value is -1.16. The van der Waals surface area contributed by atoms with Crippen LogP contribution in [0.1, 0.15) is 31.7 Å². The van der Waals surface area contributed by atoms with Crippen molar-refractivity contribution in [2.75, 3.05) is 24.5 Å². The second kappa shape index (κ2) is 5.80. The Kier molecular flexibility index (Phi) is 4.10. The van der Waals surface area contributed by atoms with E-state index in [9.17, 15) is 0 Å². The summed E-state index contributed by atoms with van der Waals surface area (Å²) in [5.41, 5.74) is 1.16. The minimum Gasteiger partial charge on any atom is -0.341 e. The van der Waals surface area contributed by atoms with Gasteiger partial charge in [0.25, 0.3) is 0 Å². The molecular weight excluding hydrogens is 200 g/mol. The molecule has 0 radical (unpaired) electrons. The van der Waals surface area contributed by atoms with Gasteiger partial charge in [0.15, 0.2) is 0 Å².